The first-order chi connectivity index (χ1) is 4.81. The Labute approximate surface area is 70.8 Å². The van der Waals surface area contributed by atoms with Crippen molar-refractivity contribution in [2.45, 2.75) is 46.0 Å². The van der Waals surface area contributed by atoms with E-state index in [1.807, 2.05) is 0 Å². The molecule has 0 aromatic rings. The van der Waals surface area contributed by atoms with Crippen LogP contribution in [0.1, 0.15) is 46.0 Å². The van der Waals surface area contributed by atoms with Crippen LogP contribution in [0.3, 0.4) is 0 Å². The van der Waals surface area contributed by atoms with Crippen molar-refractivity contribution in [3.8, 4) is 0 Å². The molecule has 0 rings (SSSR count). The van der Waals surface area contributed by atoms with E-state index in [1.54, 1.807) is 0 Å². The Morgan fingerprint density at radius 3 is 2.40 bits per heavy atom. The van der Waals surface area contributed by atoms with Crippen LogP contribution in [-0.2, 0) is 0 Å². The Bertz CT molecular complexity index is 61.7. The molecule has 0 saturated heterocycles. The van der Waals surface area contributed by atoms with Crippen LogP contribution < -0.4 is 0 Å². The molecule has 0 aliphatic carbocycles. The molecule has 0 aliphatic rings. The molecule has 0 aliphatic heterocycles. The van der Waals surface area contributed by atoms with Gasteiger partial charge in [-0.2, -0.15) is 0 Å². The van der Waals surface area contributed by atoms with E-state index in [9.17, 15) is 0 Å². The molecule has 0 aromatic heterocycles. The molecule has 1 atom stereocenters. The van der Waals surface area contributed by atoms with Gasteiger partial charge in [0, 0.05) is 5.75 Å². The minimum absolute atomic E-state index is 0.921. The highest BCUT2D eigenvalue weighted by molar-refractivity contribution is 7.80. The number of unbranched alkanes of at least 4 members (excludes halogenated alkanes) is 2. The van der Waals surface area contributed by atoms with Crippen LogP contribution in [0.5, 0.6) is 0 Å². The fourth-order valence-corrected chi connectivity index (χ4v) is 1.18. The zero-order valence-corrected chi connectivity index (χ0v) is 8.04. The van der Waals surface area contributed by atoms with Crippen LogP contribution in [-0.4, -0.2) is 5.75 Å². The summed E-state index contributed by atoms with van der Waals surface area (Å²) in [7, 11) is 0. The number of hydrogen-bond acceptors (Lipinski definition) is 0. The summed E-state index contributed by atoms with van der Waals surface area (Å²) < 4.78 is 0. The summed E-state index contributed by atoms with van der Waals surface area (Å²) in [6.07, 6.45) is 6.69. The van der Waals surface area contributed by atoms with Gasteiger partial charge in [-0.25, -0.2) is 0 Å². The lowest BCUT2D eigenvalue weighted by Gasteiger charge is -2.06. The van der Waals surface area contributed by atoms with Crippen molar-refractivity contribution in [2.24, 2.45) is 5.92 Å². The second kappa shape index (κ2) is 7.46. The summed E-state index contributed by atoms with van der Waals surface area (Å²) in [5, 5.41) is 0. The third kappa shape index (κ3) is 6.47. The summed E-state index contributed by atoms with van der Waals surface area (Å²) >= 11 is 4.86. The van der Waals surface area contributed by atoms with E-state index in [4.69, 9.17) is 12.6 Å². The third-order valence-electron chi connectivity index (χ3n) is 2.04. The molecule has 0 heterocycles. The van der Waals surface area contributed by atoms with Crippen molar-refractivity contribution >= 4 is 12.6 Å². The molecule has 0 spiro atoms. The summed E-state index contributed by atoms with van der Waals surface area (Å²) in [6, 6.07) is 0. The average Bonchev–Trinajstić information content (AvgIpc) is 1.98. The number of rotatable bonds is 6. The second-order valence-corrected chi connectivity index (χ2v) is 3.48. The van der Waals surface area contributed by atoms with Gasteiger partial charge in [0.05, 0.1) is 0 Å². The molecule has 0 nitrogen and oxygen atoms in total. The zero-order valence-electron chi connectivity index (χ0n) is 7.23. The van der Waals surface area contributed by atoms with Crippen molar-refractivity contribution in [1.29, 1.82) is 0 Å². The predicted octanol–water partition coefficient (Wildman–Crippen LogP) is 3.79. The van der Waals surface area contributed by atoms with Gasteiger partial charge in [0.15, 0.2) is 0 Å². The van der Waals surface area contributed by atoms with E-state index in [1.165, 1.54) is 32.1 Å². The smallest absolute Gasteiger partial charge is 0.00369 e. The Hall–Kier alpha value is 0.350. The average molecular weight is 159 g/mol. The van der Waals surface area contributed by atoms with Gasteiger partial charge in [-0.1, -0.05) is 52.2 Å². The molecule has 10 heavy (non-hydrogen) atoms. The van der Waals surface area contributed by atoms with E-state index >= 15 is 0 Å². The van der Waals surface area contributed by atoms with Crippen LogP contribution in [0.4, 0.5) is 0 Å². The molecule has 0 bridgehead atoms. The standard InChI is InChI=1S/C9H19S/c1-3-9(2)7-5-4-6-8-10/h9H,3-8H2,1-2H3. The Kier molecular flexibility index (Phi) is 7.72. The number of hydrogen-bond donors (Lipinski definition) is 0. The van der Waals surface area contributed by atoms with E-state index in [0.717, 1.165) is 11.7 Å². The van der Waals surface area contributed by atoms with Crippen molar-refractivity contribution in [1.82, 2.24) is 0 Å². The Morgan fingerprint density at radius 1 is 1.20 bits per heavy atom. The topological polar surface area (TPSA) is 0 Å². The predicted molar refractivity (Wildman–Crippen MR) is 50.4 cm³/mol. The molecule has 0 N–H and O–H groups in total. The summed E-state index contributed by atoms with van der Waals surface area (Å²) in [5.41, 5.74) is 0. The summed E-state index contributed by atoms with van der Waals surface area (Å²) in [6.45, 7) is 4.59. The largest absolute Gasteiger partial charge is 0.0942 e. The first-order valence-corrected chi connectivity index (χ1v) is 4.97. The summed E-state index contributed by atoms with van der Waals surface area (Å²) in [4.78, 5) is 0. The van der Waals surface area contributed by atoms with Crippen LogP contribution in [0.25, 0.3) is 0 Å². The van der Waals surface area contributed by atoms with E-state index in [-0.39, 0.29) is 0 Å². The van der Waals surface area contributed by atoms with Gasteiger partial charge in [0.25, 0.3) is 0 Å². The second-order valence-electron chi connectivity index (χ2n) is 3.07. The van der Waals surface area contributed by atoms with Gasteiger partial charge in [-0.15, -0.1) is 0 Å². The minimum Gasteiger partial charge on any atom is -0.0942 e. The first-order valence-electron chi connectivity index (χ1n) is 4.39. The van der Waals surface area contributed by atoms with Crippen LogP contribution in [0.2, 0.25) is 0 Å². The Morgan fingerprint density at radius 2 is 1.90 bits per heavy atom. The van der Waals surface area contributed by atoms with E-state index in [0.29, 0.717) is 0 Å². The molecule has 1 radical (unpaired) electrons. The molecule has 0 amide bonds. The van der Waals surface area contributed by atoms with Gasteiger partial charge >= 0.3 is 0 Å². The summed E-state index contributed by atoms with van der Waals surface area (Å²) in [5.74, 6) is 1.87. The van der Waals surface area contributed by atoms with Crippen molar-refractivity contribution in [2.75, 3.05) is 5.75 Å². The lowest BCUT2D eigenvalue weighted by Crippen LogP contribution is -1.91. The lowest BCUT2D eigenvalue weighted by molar-refractivity contribution is 0.483. The maximum absolute atomic E-state index is 4.86. The highest BCUT2D eigenvalue weighted by Gasteiger charge is 1.96. The molecular weight excluding hydrogens is 140 g/mol. The van der Waals surface area contributed by atoms with Crippen LogP contribution in [0.15, 0.2) is 0 Å². The third-order valence-corrected chi connectivity index (χ3v) is 2.33. The van der Waals surface area contributed by atoms with Crippen molar-refractivity contribution in [3.63, 3.8) is 0 Å². The van der Waals surface area contributed by atoms with Gasteiger partial charge < -0.3 is 0 Å². The fraction of sp³-hybridized carbons (Fsp3) is 1.00. The highest BCUT2D eigenvalue weighted by atomic mass is 32.1. The van der Waals surface area contributed by atoms with Crippen molar-refractivity contribution in [3.05, 3.63) is 0 Å². The van der Waals surface area contributed by atoms with E-state index in [2.05, 4.69) is 13.8 Å². The molecule has 61 valence electrons. The first kappa shape index (κ1) is 10.3. The lowest BCUT2D eigenvalue weighted by atomic mass is 10.0. The Balaban J connectivity index is 2.89. The minimum atomic E-state index is 0.921. The molecule has 0 aromatic carbocycles. The molecule has 0 fully saturated rings. The molecular formula is C9H19S. The fourth-order valence-electron chi connectivity index (χ4n) is 0.976. The van der Waals surface area contributed by atoms with E-state index < -0.39 is 0 Å². The molecule has 1 heteroatoms. The monoisotopic (exact) mass is 159 g/mol. The van der Waals surface area contributed by atoms with Gasteiger partial charge in [0.2, 0.25) is 0 Å². The van der Waals surface area contributed by atoms with Gasteiger partial charge in [0.1, 0.15) is 0 Å². The normalized spacial score (nSPS) is 13.5. The maximum Gasteiger partial charge on any atom is 0.00369 e. The quantitative estimate of drug-likeness (QED) is 0.517. The highest BCUT2D eigenvalue weighted by Crippen LogP contribution is 2.11. The van der Waals surface area contributed by atoms with Crippen LogP contribution >= 0.6 is 12.6 Å². The zero-order chi connectivity index (χ0) is 7.82. The molecule has 0 saturated carbocycles. The van der Waals surface area contributed by atoms with Crippen LogP contribution in [0, 0.1) is 5.92 Å². The van der Waals surface area contributed by atoms with Gasteiger partial charge in [-0.3, -0.25) is 0 Å². The van der Waals surface area contributed by atoms with Gasteiger partial charge in [-0.05, 0) is 12.3 Å². The van der Waals surface area contributed by atoms with Crippen molar-refractivity contribution < 1.29 is 0 Å². The maximum atomic E-state index is 4.86. The SMILES string of the molecule is CCC(C)CCCCC[S]. The molecule has 1 unspecified atom stereocenters.